The first-order valence-electron chi connectivity index (χ1n) is 5.71. The third-order valence-corrected chi connectivity index (χ3v) is 3.45. The molecule has 1 heterocycles. The molecule has 2 rings (SSSR count). The van der Waals surface area contributed by atoms with E-state index >= 15 is 0 Å². The van der Waals surface area contributed by atoms with Crippen molar-refractivity contribution in [2.24, 2.45) is 0 Å². The summed E-state index contributed by atoms with van der Waals surface area (Å²) in [6.07, 6.45) is 1.09. The largest absolute Gasteiger partial charge is 0.461 e. The summed E-state index contributed by atoms with van der Waals surface area (Å²) in [6, 6.07) is 3.36. The van der Waals surface area contributed by atoms with E-state index in [4.69, 9.17) is 4.42 Å². The summed E-state index contributed by atoms with van der Waals surface area (Å²) < 4.78 is 30.6. The molecule has 0 radical (unpaired) electrons. The number of sulfonamides is 1. The monoisotopic (exact) mass is 281 g/mol. The van der Waals surface area contributed by atoms with Crippen molar-refractivity contribution in [3.05, 3.63) is 29.0 Å². The molecule has 1 aromatic carbocycles. The summed E-state index contributed by atoms with van der Waals surface area (Å²) in [4.78, 5) is 11.6. The Hall–Kier alpha value is -1.82. The highest BCUT2D eigenvalue weighted by atomic mass is 32.2. The van der Waals surface area contributed by atoms with Crippen LogP contribution in [0.4, 0.5) is 5.69 Å². The Labute approximate surface area is 111 Å². The number of benzene rings is 1. The molecular formula is C13H15NO4S. The topological polar surface area (TPSA) is 76.4 Å². The number of ketones is 1. The number of furan rings is 1. The molecule has 6 heteroatoms. The van der Waals surface area contributed by atoms with Gasteiger partial charge in [0.05, 0.1) is 17.5 Å². The van der Waals surface area contributed by atoms with Crippen molar-refractivity contribution < 1.29 is 17.6 Å². The van der Waals surface area contributed by atoms with Gasteiger partial charge >= 0.3 is 0 Å². The number of hydrogen-bond donors (Lipinski definition) is 1. The van der Waals surface area contributed by atoms with Crippen molar-refractivity contribution in [1.82, 2.24) is 0 Å². The van der Waals surface area contributed by atoms with Crippen LogP contribution in [0.2, 0.25) is 0 Å². The van der Waals surface area contributed by atoms with E-state index < -0.39 is 10.0 Å². The molecule has 0 saturated carbocycles. The first-order valence-corrected chi connectivity index (χ1v) is 7.60. The first-order chi connectivity index (χ1) is 8.69. The van der Waals surface area contributed by atoms with Crippen LogP contribution >= 0.6 is 0 Å². The van der Waals surface area contributed by atoms with Crippen LogP contribution in [0, 0.1) is 13.8 Å². The van der Waals surface area contributed by atoms with Gasteiger partial charge in [0.15, 0.2) is 5.78 Å². The summed E-state index contributed by atoms with van der Waals surface area (Å²) in [5.41, 5.74) is 2.27. The van der Waals surface area contributed by atoms with E-state index in [1.54, 1.807) is 26.0 Å². The number of nitrogens with one attached hydrogen (secondary N) is 1. The van der Waals surface area contributed by atoms with E-state index in [1.165, 1.54) is 6.92 Å². The van der Waals surface area contributed by atoms with Crippen LogP contribution in [0.25, 0.3) is 11.0 Å². The second-order valence-electron chi connectivity index (χ2n) is 4.63. The molecule has 0 unspecified atom stereocenters. The van der Waals surface area contributed by atoms with Gasteiger partial charge < -0.3 is 4.42 Å². The van der Waals surface area contributed by atoms with Gasteiger partial charge in [0.1, 0.15) is 11.3 Å². The highest BCUT2D eigenvalue weighted by Gasteiger charge is 2.17. The minimum Gasteiger partial charge on any atom is -0.461 e. The minimum atomic E-state index is -3.36. The second kappa shape index (κ2) is 4.38. The predicted octanol–water partition coefficient (Wildman–Crippen LogP) is 2.62. The van der Waals surface area contributed by atoms with Gasteiger partial charge in [0.2, 0.25) is 10.0 Å². The Morgan fingerprint density at radius 1 is 1.26 bits per heavy atom. The molecule has 1 N–H and O–H groups in total. The molecule has 0 fully saturated rings. The number of fused-ring (bicyclic) bond motifs is 1. The maximum atomic E-state index is 11.6. The zero-order chi connectivity index (χ0) is 14.4. The third kappa shape index (κ3) is 2.63. The van der Waals surface area contributed by atoms with Gasteiger partial charge in [-0.15, -0.1) is 0 Å². The summed E-state index contributed by atoms with van der Waals surface area (Å²) in [5, 5.41) is 0.627. The lowest BCUT2D eigenvalue weighted by atomic mass is 10.1. The number of aryl methyl sites for hydroxylation is 2. The maximum Gasteiger partial charge on any atom is 0.229 e. The lowest BCUT2D eigenvalue weighted by Gasteiger charge is -2.07. The molecule has 0 aliphatic carbocycles. The first kappa shape index (κ1) is 13.6. The van der Waals surface area contributed by atoms with Crippen LogP contribution in [-0.2, 0) is 10.0 Å². The normalized spacial score (nSPS) is 11.8. The smallest absolute Gasteiger partial charge is 0.229 e. The van der Waals surface area contributed by atoms with Gasteiger partial charge in [-0.05, 0) is 38.5 Å². The van der Waals surface area contributed by atoms with Gasteiger partial charge in [0, 0.05) is 5.39 Å². The Morgan fingerprint density at radius 3 is 2.42 bits per heavy atom. The number of Topliss-reactive ketones (excluding diaryl/α,β-unsaturated/α-hetero) is 1. The lowest BCUT2D eigenvalue weighted by molar-refractivity contribution is 0.101. The summed E-state index contributed by atoms with van der Waals surface area (Å²) in [7, 11) is -3.36. The third-order valence-electron chi connectivity index (χ3n) is 2.86. The molecule has 0 spiro atoms. The Kier molecular flexibility index (Phi) is 3.14. The molecule has 5 nitrogen and oxygen atoms in total. The average Bonchev–Trinajstić information content (AvgIpc) is 2.51. The molecule has 19 heavy (non-hydrogen) atoms. The molecule has 0 aliphatic rings. The van der Waals surface area contributed by atoms with Gasteiger partial charge in [-0.2, -0.15) is 0 Å². The molecule has 1 aromatic heterocycles. The molecule has 102 valence electrons. The fourth-order valence-corrected chi connectivity index (χ4v) is 2.73. The van der Waals surface area contributed by atoms with Gasteiger partial charge in [0.25, 0.3) is 0 Å². The standard InChI is InChI=1S/C13H15NO4S/c1-7-5-12-10(6-11(7)14-19(4,16)17)13(8(2)15)9(3)18-12/h5-6,14H,1-4H3. The van der Waals surface area contributed by atoms with Crippen LogP contribution in [-0.4, -0.2) is 20.5 Å². The highest BCUT2D eigenvalue weighted by molar-refractivity contribution is 7.92. The number of carbonyl (C=O) groups excluding carboxylic acids is 1. The summed E-state index contributed by atoms with van der Waals surface area (Å²) in [6.45, 7) is 4.95. The highest BCUT2D eigenvalue weighted by Crippen LogP contribution is 2.31. The van der Waals surface area contributed by atoms with Crippen LogP contribution in [0.3, 0.4) is 0 Å². The lowest BCUT2D eigenvalue weighted by Crippen LogP contribution is -2.10. The van der Waals surface area contributed by atoms with Gasteiger partial charge in [-0.3, -0.25) is 9.52 Å². The molecule has 0 atom stereocenters. The van der Waals surface area contributed by atoms with Crippen molar-refractivity contribution in [2.75, 3.05) is 11.0 Å². The molecule has 0 aliphatic heterocycles. The maximum absolute atomic E-state index is 11.6. The van der Waals surface area contributed by atoms with Crippen LogP contribution in [0.1, 0.15) is 28.6 Å². The van der Waals surface area contributed by atoms with E-state index in [9.17, 15) is 13.2 Å². The van der Waals surface area contributed by atoms with E-state index in [2.05, 4.69) is 4.72 Å². The summed E-state index contributed by atoms with van der Waals surface area (Å²) >= 11 is 0. The van der Waals surface area contributed by atoms with E-state index in [1.807, 2.05) is 0 Å². The Bertz CT molecular complexity index is 772. The predicted molar refractivity (Wildman–Crippen MR) is 74.2 cm³/mol. The Balaban J connectivity index is 2.72. The van der Waals surface area contributed by atoms with E-state index in [-0.39, 0.29) is 5.78 Å². The van der Waals surface area contributed by atoms with Crippen molar-refractivity contribution in [3.63, 3.8) is 0 Å². The molecular weight excluding hydrogens is 266 g/mol. The van der Waals surface area contributed by atoms with Crippen molar-refractivity contribution in [2.45, 2.75) is 20.8 Å². The number of hydrogen-bond acceptors (Lipinski definition) is 4. The van der Waals surface area contributed by atoms with Crippen LogP contribution in [0.15, 0.2) is 16.5 Å². The number of rotatable bonds is 3. The van der Waals surface area contributed by atoms with Gasteiger partial charge in [-0.25, -0.2) is 8.42 Å². The number of carbonyl (C=O) groups is 1. The van der Waals surface area contributed by atoms with Crippen molar-refractivity contribution in [3.8, 4) is 0 Å². The SMILES string of the molecule is CC(=O)c1c(C)oc2cc(C)c(NS(C)(=O)=O)cc12. The van der Waals surface area contributed by atoms with Crippen LogP contribution < -0.4 is 4.72 Å². The molecule has 2 aromatic rings. The van der Waals surface area contributed by atoms with Crippen LogP contribution in [0.5, 0.6) is 0 Å². The zero-order valence-corrected chi connectivity index (χ0v) is 12.0. The second-order valence-corrected chi connectivity index (χ2v) is 6.38. The van der Waals surface area contributed by atoms with Crippen molar-refractivity contribution >= 4 is 32.5 Å². The number of anilines is 1. The fourth-order valence-electron chi connectivity index (χ4n) is 2.11. The Morgan fingerprint density at radius 2 is 1.89 bits per heavy atom. The van der Waals surface area contributed by atoms with E-state index in [0.717, 1.165) is 11.8 Å². The molecule has 0 bridgehead atoms. The minimum absolute atomic E-state index is 0.106. The summed E-state index contributed by atoms with van der Waals surface area (Å²) in [5.74, 6) is 0.434. The molecule has 0 saturated heterocycles. The van der Waals surface area contributed by atoms with Gasteiger partial charge in [-0.1, -0.05) is 0 Å². The quantitative estimate of drug-likeness (QED) is 0.877. The zero-order valence-electron chi connectivity index (χ0n) is 11.2. The fraction of sp³-hybridized carbons (Fsp3) is 0.308. The van der Waals surface area contributed by atoms with E-state index in [0.29, 0.717) is 28.0 Å². The van der Waals surface area contributed by atoms with Crippen molar-refractivity contribution in [1.29, 1.82) is 0 Å². The molecule has 0 amide bonds. The average molecular weight is 281 g/mol.